The molecule has 0 spiro atoms. The summed E-state index contributed by atoms with van der Waals surface area (Å²) in [6, 6.07) is 16.0. The van der Waals surface area contributed by atoms with E-state index in [-0.39, 0.29) is 12.0 Å². The molecule has 3 nitrogen and oxygen atoms in total. The highest BCUT2D eigenvalue weighted by Crippen LogP contribution is 2.28. The smallest absolute Gasteiger partial charge is 0.217 e. The van der Waals surface area contributed by atoms with Gasteiger partial charge in [0.1, 0.15) is 11.9 Å². The first kappa shape index (κ1) is 15.1. The van der Waals surface area contributed by atoms with Crippen LogP contribution in [-0.2, 0) is 4.79 Å². The fourth-order valence-corrected chi connectivity index (χ4v) is 2.26. The average Bonchev–Trinajstić information content (AvgIpc) is 2.47. The van der Waals surface area contributed by atoms with Crippen molar-refractivity contribution in [2.45, 2.75) is 26.9 Å². The van der Waals surface area contributed by atoms with Gasteiger partial charge in [0, 0.05) is 6.92 Å². The molecule has 110 valence electrons. The Hall–Kier alpha value is -2.29. The molecule has 0 radical (unpaired) electrons. The van der Waals surface area contributed by atoms with Gasteiger partial charge in [-0.3, -0.25) is 4.79 Å². The Kier molecular flexibility index (Phi) is 4.99. The van der Waals surface area contributed by atoms with Gasteiger partial charge in [-0.2, -0.15) is 0 Å². The minimum atomic E-state index is -0.199. The van der Waals surface area contributed by atoms with Gasteiger partial charge in [0.15, 0.2) is 0 Å². The highest BCUT2D eigenvalue weighted by atomic mass is 16.5. The van der Waals surface area contributed by atoms with Gasteiger partial charge in [0.25, 0.3) is 0 Å². The van der Waals surface area contributed by atoms with Crippen molar-refractivity contribution in [1.82, 2.24) is 5.32 Å². The first-order valence-corrected chi connectivity index (χ1v) is 7.10. The van der Waals surface area contributed by atoms with Crippen molar-refractivity contribution < 1.29 is 9.53 Å². The molecule has 0 fully saturated rings. The summed E-state index contributed by atoms with van der Waals surface area (Å²) in [5, 5.41) is 2.84. The average molecular weight is 283 g/mol. The third kappa shape index (κ3) is 4.09. The van der Waals surface area contributed by atoms with Crippen LogP contribution in [0.15, 0.2) is 48.5 Å². The van der Waals surface area contributed by atoms with Crippen molar-refractivity contribution in [2.24, 2.45) is 0 Å². The summed E-state index contributed by atoms with van der Waals surface area (Å²) >= 11 is 0. The van der Waals surface area contributed by atoms with Gasteiger partial charge in [-0.1, -0.05) is 48.5 Å². The molecule has 2 rings (SSSR count). The van der Waals surface area contributed by atoms with Crippen LogP contribution in [0.4, 0.5) is 0 Å². The number of ether oxygens (including phenoxy) is 1. The normalized spacial score (nSPS) is 11.8. The SMILES string of the molecule is CC(=O)NC[C@H](Oc1c(C)cccc1C)c1ccccc1. The number of carbonyl (C=O) groups is 1. The standard InChI is InChI=1S/C18H21NO2/c1-13-8-7-9-14(2)18(13)21-17(12-19-15(3)20)16-10-5-4-6-11-16/h4-11,17H,12H2,1-3H3,(H,19,20)/t17-/m0/s1. The second kappa shape index (κ2) is 6.93. The molecule has 0 aliphatic carbocycles. The van der Waals surface area contributed by atoms with Crippen LogP contribution in [-0.4, -0.2) is 12.5 Å². The molecule has 0 aromatic heterocycles. The molecule has 0 aliphatic rings. The second-order valence-corrected chi connectivity index (χ2v) is 5.18. The summed E-state index contributed by atoms with van der Waals surface area (Å²) in [6.07, 6.45) is -0.199. The largest absolute Gasteiger partial charge is 0.483 e. The predicted octanol–water partition coefficient (Wildman–Crippen LogP) is 3.56. The van der Waals surface area contributed by atoms with Crippen molar-refractivity contribution in [2.75, 3.05) is 6.54 Å². The molecule has 2 aromatic carbocycles. The molecule has 1 N–H and O–H groups in total. The van der Waals surface area contributed by atoms with E-state index in [0.29, 0.717) is 6.54 Å². The van der Waals surface area contributed by atoms with Gasteiger partial charge < -0.3 is 10.1 Å². The van der Waals surface area contributed by atoms with Gasteiger partial charge in [0.05, 0.1) is 6.54 Å². The van der Waals surface area contributed by atoms with Crippen molar-refractivity contribution in [3.8, 4) is 5.75 Å². The van der Waals surface area contributed by atoms with Crippen molar-refractivity contribution in [3.05, 3.63) is 65.2 Å². The lowest BCUT2D eigenvalue weighted by molar-refractivity contribution is -0.119. The number of hydrogen-bond donors (Lipinski definition) is 1. The molecule has 1 atom stereocenters. The maximum Gasteiger partial charge on any atom is 0.217 e. The van der Waals surface area contributed by atoms with E-state index in [2.05, 4.69) is 5.32 Å². The quantitative estimate of drug-likeness (QED) is 0.911. The first-order valence-electron chi connectivity index (χ1n) is 7.10. The first-order chi connectivity index (χ1) is 10.1. The van der Waals surface area contributed by atoms with Crippen molar-refractivity contribution in [3.63, 3.8) is 0 Å². The van der Waals surface area contributed by atoms with E-state index >= 15 is 0 Å². The van der Waals surface area contributed by atoms with Crippen LogP contribution in [0.3, 0.4) is 0 Å². The Balaban J connectivity index is 2.25. The maximum absolute atomic E-state index is 11.2. The predicted molar refractivity (Wildman–Crippen MR) is 84.4 cm³/mol. The van der Waals surface area contributed by atoms with Crippen LogP contribution in [0.2, 0.25) is 0 Å². The minimum Gasteiger partial charge on any atom is -0.483 e. The third-order valence-corrected chi connectivity index (χ3v) is 3.38. The van der Waals surface area contributed by atoms with Gasteiger partial charge >= 0.3 is 0 Å². The molecule has 3 heteroatoms. The molecule has 2 aromatic rings. The van der Waals surface area contributed by atoms with Gasteiger partial charge in [-0.15, -0.1) is 0 Å². The fourth-order valence-electron chi connectivity index (χ4n) is 2.26. The van der Waals surface area contributed by atoms with Crippen molar-refractivity contribution in [1.29, 1.82) is 0 Å². The Morgan fingerprint density at radius 2 is 1.67 bits per heavy atom. The van der Waals surface area contributed by atoms with E-state index in [1.165, 1.54) is 6.92 Å². The highest BCUT2D eigenvalue weighted by Gasteiger charge is 2.16. The Morgan fingerprint density at radius 3 is 2.24 bits per heavy atom. The van der Waals surface area contributed by atoms with Gasteiger partial charge in [-0.25, -0.2) is 0 Å². The number of nitrogens with one attached hydrogen (secondary N) is 1. The molecule has 1 amide bonds. The zero-order valence-corrected chi connectivity index (χ0v) is 12.7. The lowest BCUT2D eigenvalue weighted by Crippen LogP contribution is -2.29. The van der Waals surface area contributed by atoms with Crippen LogP contribution in [0.25, 0.3) is 0 Å². The van der Waals surface area contributed by atoms with E-state index in [1.807, 2.05) is 62.4 Å². The Bertz CT molecular complexity index is 588. The molecule has 21 heavy (non-hydrogen) atoms. The van der Waals surface area contributed by atoms with Crippen molar-refractivity contribution >= 4 is 5.91 Å². The third-order valence-electron chi connectivity index (χ3n) is 3.38. The molecule has 0 heterocycles. The Morgan fingerprint density at radius 1 is 1.05 bits per heavy atom. The molecular formula is C18H21NO2. The van der Waals surface area contributed by atoms with E-state index in [9.17, 15) is 4.79 Å². The van der Waals surface area contributed by atoms with Gasteiger partial charge in [-0.05, 0) is 30.5 Å². The molecule has 0 aliphatic heterocycles. The monoisotopic (exact) mass is 283 g/mol. The zero-order chi connectivity index (χ0) is 15.2. The molecule has 0 bridgehead atoms. The second-order valence-electron chi connectivity index (χ2n) is 5.18. The summed E-state index contributed by atoms with van der Waals surface area (Å²) < 4.78 is 6.20. The van der Waals surface area contributed by atoms with Gasteiger partial charge in [0.2, 0.25) is 5.91 Å². The number of amides is 1. The molecular weight excluding hydrogens is 262 g/mol. The number of para-hydroxylation sites is 1. The zero-order valence-electron chi connectivity index (χ0n) is 12.7. The number of aryl methyl sites for hydroxylation is 2. The van der Waals surface area contributed by atoms with Crippen LogP contribution < -0.4 is 10.1 Å². The highest BCUT2D eigenvalue weighted by molar-refractivity contribution is 5.72. The molecule has 0 saturated heterocycles. The van der Waals surface area contributed by atoms with Crippen LogP contribution in [0.1, 0.15) is 29.7 Å². The van der Waals surface area contributed by atoms with Crippen LogP contribution in [0.5, 0.6) is 5.75 Å². The summed E-state index contributed by atoms with van der Waals surface area (Å²) in [6.45, 7) is 6.03. The topological polar surface area (TPSA) is 38.3 Å². The molecule has 0 unspecified atom stereocenters. The summed E-state index contributed by atoms with van der Waals surface area (Å²) in [5.74, 6) is 0.831. The lowest BCUT2D eigenvalue weighted by atomic mass is 10.1. The molecule has 0 saturated carbocycles. The lowest BCUT2D eigenvalue weighted by Gasteiger charge is -2.22. The van der Waals surface area contributed by atoms with E-state index in [0.717, 1.165) is 22.4 Å². The summed E-state index contributed by atoms with van der Waals surface area (Å²) in [4.78, 5) is 11.2. The van der Waals surface area contributed by atoms with Crippen LogP contribution in [0, 0.1) is 13.8 Å². The van der Waals surface area contributed by atoms with Crippen LogP contribution >= 0.6 is 0 Å². The Labute approximate surface area is 126 Å². The van der Waals surface area contributed by atoms with E-state index in [4.69, 9.17) is 4.74 Å². The summed E-state index contributed by atoms with van der Waals surface area (Å²) in [7, 11) is 0. The number of carbonyl (C=O) groups excluding carboxylic acids is 1. The number of hydrogen-bond acceptors (Lipinski definition) is 2. The maximum atomic E-state index is 11.2. The van der Waals surface area contributed by atoms with E-state index in [1.54, 1.807) is 0 Å². The minimum absolute atomic E-state index is 0.0546. The van der Waals surface area contributed by atoms with E-state index < -0.39 is 0 Å². The summed E-state index contributed by atoms with van der Waals surface area (Å²) in [5.41, 5.74) is 3.24. The fraction of sp³-hybridized carbons (Fsp3) is 0.278. The number of benzene rings is 2. The number of rotatable bonds is 5.